The van der Waals surface area contributed by atoms with Crippen LogP contribution in [0.25, 0.3) is 0 Å². The minimum atomic E-state index is -2.87. The van der Waals surface area contributed by atoms with Crippen molar-refractivity contribution < 1.29 is 13.6 Å². The lowest BCUT2D eigenvalue weighted by Gasteiger charge is -2.24. The van der Waals surface area contributed by atoms with Crippen molar-refractivity contribution in [1.82, 2.24) is 0 Å². The molecule has 0 unspecified atom stereocenters. The van der Waals surface area contributed by atoms with Crippen LogP contribution in [0.1, 0.15) is 28.8 Å². The van der Waals surface area contributed by atoms with Crippen LogP contribution in [0, 0.1) is 0 Å². The Bertz CT molecular complexity index is 401. The standard InChI is InChI=1S/C10H7BrF2O/c11-6-1-2-7-8(5-6)10(12,13)4-3-9(7)14/h1-2,5H,3-4H2. The van der Waals surface area contributed by atoms with Crippen molar-refractivity contribution in [3.8, 4) is 0 Å². The van der Waals surface area contributed by atoms with Gasteiger partial charge >= 0.3 is 0 Å². The van der Waals surface area contributed by atoms with E-state index in [1.165, 1.54) is 12.1 Å². The van der Waals surface area contributed by atoms with Crippen LogP contribution in [0.3, 0.4) is 0 Å². The summed E-state index contributed by atoms with van der Waals surface area (Å²) in [6.07, 6.45) is -0.448. The fraction of sp³-hybridized carbons (Fsp3) is 0.300. The number of hydrogen-bond donors (Lipinski definition) is 0. The number of alkyl halides is 2. The molecule has 2 rings (SSSR count). The lowest BCUT2D eigenvalue weighted by molar-refractivity contribution is -0.0192. The molecule has 1 aromatic carbocycles. The fourth-order valence-electron chi connectivity index (χ4n) is 1.60. The molecule has 1 aromatic rings. The molecule has 0 aromatic heterocycles. The summed E-state index contributed by atoms with van der Waals surface area (Å²) >= 11 is 3.12. The number of carbonyl (C=O) groups is 1. The van der Waals surface area contributed by atoms with Gasteiger partial charge in [0.25, 0.3) is 5.92 Å². The SMILES string of the molecule is O=C1CCC(F)(F)c2cc(Br)ccc21. The van der Waals surface area contributed by atoms with Crippen molar-refractivity contribution in [3.05, 3.63) is 33.8 Å². The first-order valence-electron chi connectivity index (χ1n) is 4.22. The van der Waals surface area contributed by atoms with E-state index in [9.17, 15) is 13.6 Å². The van der Waals surface area contributed by atoms with Crippen molar-refractivity contribution in [1.29, 1.82) is 0 Å². The summed E-state index contributed by atoms with van der Waals surface area (Å²) in [5.74, 6) is -3.06. The number of ketones is 1. The Morgan fingerprint density at radius 3 is 2.79 bits per heavy atom. The largest absolute Gasteiger partial charge is 0.294 e. The van der Waals surface area contributed by atoms with Crippen LogP contribution in [-0.4, -0.2) is 5.78 Å². The second-order valence-electron chi connectivity index (χ2n) is 3.32. The van der Waals surface area contributed by atoms with Gasteiger partial charge in [0, 0.05) is 28.4 Å². The Balaban J connectivity index is 2.64. The van der Waals surface area contributed by atoms with E-state index in [0.29, 0.717) is 4.47 Å². The fourth-order valence-corrected chi connectivity index (χ4v) is 1.96. The highest BCUT2D eigenvalue weighted by molar-refractivity contribution is 9.10. The molecule has 1 aliphatic carbocycles. The van der Waals surface area contributed by atoms with Crippen LogP contribution in [0.2, 0.25) is 0 Å². The zero-order valence-electron chi connectivity index (χ0n) is 7.19. The number of fused-ring (bicyclic) bond motifs is 1. The van der Waals surface area contributed by atoms with E-state index in [0.717, 1.165) is 0 Å². The molecule has 4 heteroatoms. The Hall–Kier alpha value is -0.770. The number of Topliss-reactive ketones (excluding diaryl/α,β-unsaturated/α-hetero) is 1. The Kier molecular flexibility index (Phi) is 2.18. The molecule has 0 saturated heterocycles. The quantitative estimate of drug-likeness (QED) is 0.698. The van der Waals surface area contributed by atoms with E-state index in [1.807, 2.05) is 0 Å². The number of halogens is 3. The second-order valence-corrected chi connectivity index (χ2v) is 4.23. The summed E-state index contributed by atoms with van der Waals surface area (Å²) in [5, 5.41) is 0. The summed E-state index contributed by atoms with van der Waals surface area (Å²) in [4.78, 5) is 11.3. The first kappa shape index (κ1) is 9.77. The van der Waals surface area contributed by atoms with Gasteiger partial charge in [0.05, 0.1) is 0 Å². The smallest absolute Gasteiger partial charge is 0.274 e. The highest BCUT2D eigenvalue weighted by Gasteiger charge is 2.39. The van der Waals surface area contributed by atoms with Crippen LogP contribution in [-0.2, 0) is 5.92 Å². The van der Waals surface area contributed by atoms with Gasteiger partial charge in [-0.3, -0.25) is 4.79 Å². The normalized spacial score (nSPS) is 19.2. The van der Waals surface area contributed by atoms with E-state index in [2.05, 4.69) is 15.9 Å². The molecular weight excluding hydrogens is 254 g/mol. The monoisotopic (exact) mass is 260 g/mol. The maximum Gasteiger partial charge on any atom is 0.274 e. The summed E-state index contributed by atoms with van der Waals surface area (Å²) in [6.45, 7) is 0. The number of benzene rings is 1. The molecule has 0 spiro atoms. The molecular formula is C10H7BrF2O. The van der Waals surface area contributed by atoms with Gasteiger partial charge in [-0.15, -0.1) is 0 Å². The molecule has 0 atom stereocenters. The average Bonchev–Trinajstić information content (AvgIpc) is 2.12. The van der Waals surface area contributed by atoms with Gasteiger partial charge in [-0.25, -0.2) is 8.78 Å². The molecule has 74 valence electrons. The van der Waals surface area contributed by atoms with Crippen molar-refractivity contribution in [2.75, 3.05) is 0 Å². The van der Waals surface area contributed by atoms with Gasteiger partial charge in [0.15, 0.2) is 5.78 Å². The molecule has 0 aliphatic heterocycles. The zero-order chi connectivity index (χ0) is 10.3. The predicted octanol–water partition coefficient (Wildman–Crippen LogP) is 3.52. The van der Waals surface area contributed by atoms with Crippen LogP contribution >= 0.6 is 15.9 Å². The van der Waals surface area contributed by atoms with Crippen molar-refractivity contribution in [2.45, 2.75) is 18.8 Å². The lowest BCUT2D eigenvalue weighted by Crippen LogP contribution is -2.24. The van der Waals surface area contributed by atoms with Crippen LogP contribution < -0.4 is 0 Å². The Morgan fingerprint density at radius 2 is 2.07 bits per heavy atom. The number of rotatable bonds is 0. The van der Waals surface area contributed by atoms with Gasteiger partial charge in [-0.2, -0.15) is 0 Å². The highest BCUT2D eigenvalue weighted by Crippen LogP contribution is 2.40. The van der Waals surface area contributed by atoms with Crippen molar-refractivity contribution in [2.24, 2.45) is 0 Å². The molecule has 0 fully saturated rings. The summed E-state index contributed by atoms with van der Waals surface area (Å²) < 4.78 is 27.3. The molecule has 1 nitrogen and oxygen atoms in total. The molecule has 0 heterocycles. The summed E-state index contributed by atoms with van der Waals surface area (Å²) in [6, 6.07) is 4.39. The minimum absolute atomic E-state index is 0.0678. The van der Waals surface area contributed by atoms with E-state index < -0.39 is 5.92 Å². The Labute approximate surface area is 88.2 Å². The summed E-state index contributed by atoms with van der Waals surface area (Å²) in [7, 11) is 0. The average molecular weight is 261 g/mol. The Morgan fingerprint density at radius 1 is 1.36 bits per heavy atom. The first-order valence-corrected chi connectivity index (χ1v) is 5.01. The minimum Gasteiger partial charge on any atom is -0.294 e. The zero-order valence-corrected chi connectivity index (χ0v) is 8.77. The van der Waals surface area contributed by atoms with Gasteiger partial charge in [0.2, 0.25) is 0 Å². The number of hydrogen-bond acceptors (Lipinski definition) is 1. The van der Waals surface area contributed by atoms with Gasteiger partial charge in [-0.05, 0) is 18.2 Å². The second kappa shape index (κ2) is 3.12. The third kappa shape index (κ3) is 1.47. The maximum absolute atomic E-state index is 13.4. The molecule has 0 N–H and O–H groups in total. The third-order valence-corrected chi connectivity index (χ3v) is 2.84. The van der Waals surface area contributed by atoms with E-state index in [4.69, 9.17) is 0 Å². The molecule has 1 aliphatic rings. The molecule has 0 amide bonds. The molecule has 0 saturated carbocycles. The van der Waals surface area contributed by atoms with Crippen LogP contribution in [0.5, 0.6) is 0 Å². The maximum atomic E-state index is 13.4. The molecule has 0 radical (unpaired) electrons. The van der Waals surface area contributed by atoms with Crippen LogP contribution in [0.4, 0.5) is 8.78 Å². The number of carbonyl (C=O) groups excluding carboxylic acids is 1. The predicted molar refractivity (Wildman–Crippen MR) is 51.6 cm³/mol. The van der Waals surface area contributed by atoms with Gasteiger partial charge in [0.1, 0.15) is 0 Å². The van der Waals surface area contributed by atoms with Crippen LogP contribution in [0.15, 0.2) is 22.7 Å². The highest BCUT2D eigenvalue weighted by atomic mass is 79.9. The topological polar surface area (TPSA) is 17.1 Å². The van der Waals surface area contributed by atoms with Crippen molar-refractivity contribution in [3.63, 3.8) is 0 Å². The first-order chi connectivity index (χ1) is 6.50. The lowest BCUT2D eigenvalue weighted by atomic mass is 9.88. The van der Waals surface area contributed by atoms with E-state index in [-0.39, 0.29) is 29.8 Å². The third-order valence-electron chi connectivity index (χ3n) is 2.34. The van der Waals surface area contributed by atoms with Crippen molar-refractivity contribution >= 4 is 21.7 Å². The van der Waals surface area contributed by atoms with Gasteiger partial charge < -0.3 is 0 Å². The molecule has 0 bridgehead atoms. The van der Waals surface area contributed by atoms with E-state index in [1.54, 1.807) is 6.07 Å². The molecule has 14 heavy (non-hydrogen) atoms. The van der Waals surface area contributed by atoms with E-state index >= 15 is 0 Å². The van der Waals surface area contributed by atoms with Gasteiger partial charge in [-0.1, -0.05) is 15.9 Å². The summed E-state index contributed by atoms with van der Waals surface area (Å²) in [5.41, 5.74) is 0.00701.